The number of nitrogens with one attached hydrogen (secondary N) is 1. The number of nitrogens with zero attached hydrogens (tertiary/aromatic N) is 1. The van der Waals surface area contributed by atoms with E-state index in [1.165, 1.54) is 18.6 Å². The molecule has 7 heteroatoms. The number of carbonyl (C=O) groups excluding carboxylic acids is 1. The van der Waals surface area contributed by atoms with Crippen LogP contribution in [-0.2, 0) is 10.9 Å². The van der Waals surface area contributed by atoms with E-state index in [1.54, 1.807) is 25.0 Å². The van der Waals surface area contributed by atoms with E-state index in [0.29, 0.717) is 25.6 Å². The molecule has 1 aliphatic carbocycles. The number of hydrogen-bond donors (Lipinski definition) is 1. The highest BCUT2D eigenvalue weighted by Crippen LogP contribution is 2.48. The van der Waals surface area contributed by atoms with Gasteiger partial charge in [0, 0.05) is 25.6 Å². The van der Waals surface area contributed by atoms with Gasteiger partial charge < -0.3 is 15.0 Å². The van der Waals surface area contributed by atoms with Crippen molar-refractivity contribution < 1.29 is 22.7 Å². The van der Waals surface area contributed by atoms with Crippen LogP contribution < -0.4 is 5.32 Å². The van der Waals surface area contributed by atoms with Crippen LogP contribution in [0.5, 0.6) is 0 Å². The number of carbonyl (C=O) groups is 1. The van der Waals surface area contributed by atoms with Gasteiger partial charge in [-0.2, -0.15) is 13.2 Å². The second-order valence-electron chi connectivity index (χ2n) is 7.54. The van der Waals surface area contributed by atoms with Gasteiger partial charge in [0.25, 0.3) is 0 Å². The fraction of sp³-hybridized carbons (Fsp3) is 0.632. The summed E-state index contributed by atoms with van der Waals surface area (Å²) in [4.78, 5) is 14.2. The number of alkyl halides is 3. The minimum Gasteiger partial charge on any atom is -0.384 e. The first kappa shape index (κ1) is 19.0. The van der Waals surface area contributed by atoms with Crippen LogP contribution >= 0.6 is 0 Å². The molecule has 0 bridgehead atoms. The van der Waals surface area contributed by atoms with Crippen molar-refractivity contribution in [3.8, 4) is 0 Å². The maximum absolute atomic E-state index is 13.2. The fourth-order valence-corrected chi connectivity index (χ4v) is 4.12. The Hall–Kier alpha value is -1.76. The summed E-state index contributed by atoms with van der Waals surface area (Å²) in [6, 6.07) is 4.32. The summed E-state index contributed by atoms with van der Waals surface area (Å²) in [6.45, 7) is 3.40. The third kappa shape index (κ3) is 3.54. The lowest BCUT2D eigenvalue weighted by Gasteiger charge is -2.56. The van der Waals surface area contributed by atoms with Gasteiger partial charge >= 0.3 is 12.2 Å². The van der Waals surface area contributed by atoms with Gasteiger partial charge in [0.05, 0.1) is 18.2 Å². The van der Waals surface area contributed by atoms with Crippen molar-refractivity contribution in [1.82, 2.24) is 10.2 Å². The summed E-state index contributed by atoms with van der Waals surface area (Å²) in [5, 5.41) is 2.71. The Morgan fingerprint density at radius 2 is 2.00 bits per heavy atom. The quantitative estimate of drug-likeness (QED) is 0.843. The molecule has 1 saturated carbocycles. The van der Waals surface area contributed by atoms with Crippen LogP contribution in [0.4, 0.5) is 18.0 Å². The Bertz CT molecular complexity index is 652. The minimum absolute atomic E-state index is 0.0114. The normalized spacial score (nSPS) is 20.9. The van der Waals surface area contributed by atoms with Gasteiger partial charge in [-0.3, -0.25) is 0 Å². The largest absolute Gasteiger partial charge is 0.416 e. The van der Waals surface area contributed by atoms with Gasteiger partial charge in [0.2, 0.25) is 0 Å². The lowest BCUT2D eigenvalue weighted by atomic mass is 9.61. The Morgan fingerprint density at radius 1 is 1.35 bits per heavy atom. The lowest BCUT2D eigenvalue weighted by Crippen LogP contribution is -2.66. The second kappa shape index (κ2) is 7.10. The van der Waals surface area contributed by atoms with Gasteiger partial charge in [0.15, 0.2) is 0 Å². The molecule has 26 heavy (non-hydrogen) atoms. The number of benzene rings is 1. The number of amides is 2. The zero-order chi connectivity index (χ0) is 18.9. The predicted octanol–water partition coefficient (Wildman–Crippen LogP) is 4.22. The monoisotopic (exact) mass is 370 g/mol. The van der Waals surface area contributed by atoms with Crippen molar-refractivity contribution in [2.24, 2.45) is 11.3 Å². The van der Waals surface area contributed by atoms with Crippen molar-refractivity contribution in [1.29, 1.82) is 0 Å². The van der Waals surface area contributed by atoms with E-state index in [4.69, 9.17) is 4.74 Å². The maximum atomic E-state index is 13.2. The highest BCUT2D eigenvalue weighted by Gasteiger charge is 2.52. The van der Waals surface area contributed by atoms with Crippen LogP contribution in [0.25, 0.3) is 0 Å². The van der Waals surface area contributed by atoms with Crippen molar-refractivity contribution in [3.05, 3.63) is 35.4 Å². The van der Waals surface area contributed by atoms with E-state index in [1.807, 2.05) is 0 Å². The molecule has 1 aliphatic heterocycles. The number of urea groups is 1. The van der Waals surface area contributed by atoms with E-state index in [2.05, 4.69) is 5.32 Å². The highest BCUT2D eigenvalue weighted by atomic mass is 19.4. The van der Waals surface area contributed by atoms with Crippen LogP contribution in [0.3, 0.4) is 0 Å². The molecular formula is C19H25F3N2O2. The summed E-state index contributed by atoms with van der Waals surface area (Å²) in [5.74, 6) is 0.579. The standard InChI is InChI=1S/C19H25F3N2O2/c1-13(15-8-3-4-9-16(15)19(20,21)22)23-17(25)24-10-18(11-24,12-26-2)14-6-5-7-14/h3-4,8-9,13-14H,5-7,10-12H2,1-2H3,(H,23,25). The topological polar surface area (TPSA) is 41.6 Å². The van der Waals surface area contributed by atoms with E-state index < -0.39 is 17.8 Å². The summed E-state index contributed by atoms with van der Waals surface area (Å²) in [7, 11) is 1.67. The highest BCUT2D eigenvalue weighted by molar-refractivity contribution is 5.76. The van der Waals surface area contributed by atoms with Gasteiger partial charge in [-0.15, -0.1) is 0 Å². The molecule has 144 valence electrons. The van der Waals surface area contributed by atoms with E-state index in [9.17, 15) is 18.0 Å². The van der Waals surface area contributed by atoms with Gasteiger partial charge in [-0.1, -0.05) is 24.6 Å². The molecule has 1 unspecified atom stereocenters. The van der Waals surface area contributed by atoms with Crippen molar-refractivity contribution in [2.45, 2.75) is 38.4 Å². The molecule has 2 amide bonds. The SMILES string of the molecule is COCC1(C2CCC2)CN(C(=O)NC(C)c2ccccc2C(F)(F)F)C1. The van der Waals surface area contributed by atoms with Crippen LogP contribution in [0, 0.1) is 11.3 Å². The molecule has 2 fully saturated rings. The molecule has 1 aromatic rings. The second-order valence-corrected chi connectivity index (χ2v) is 7.54. The molecule has 1 aromatic carbocycles. The van der Waals surface area contributed by atoms with Crippen LogP contribution in [0.2, 0.25) is 0 Å². The number of likely N-dealkylation sites (tertiary alicyclic amines) is 1. The lowest BCUT2D eigenvalue weighted by molar-refractivity contribution is -0.138. The number of halogens is 3. The van der Waals surface area contributed by atoms with Crippen LogP contribution in [-0.4, -0.2) is 37.7 Å². The minimum atomic E-state index is -4.44. The van der Waals surface area contributed by atoms with Crippen LogP contribution in [0.1, 0.15) is 43.4 Å². The first-order valence-corrected chi connectivity index (χ1v) is 8.97. The predicted molar refractivity (Wildman–Crippen MR) is 91.6 cm³/mol. The Labute approximate surface area is 151 Å². The molecular weight excluding hydrogens is 345 g/mol. The van der Waals surface area contributed by atoms with Crippen molar-refractivity contribution in [2.75, 3.05) is 26.8 Å². The molecule has 1 saturated heterocycles. The molecule has 3 rings (SSSR count). The Morgan fingerprint density at radius 3 is 2.54 bits per heavy atom. The Balaban J connectivity index is 1.63. The zero-order valence-corrected chi connectivity index (χ0v) is 15.1. The van der Waals surface area contributed by atoms with Gasteiger partial charge in [-0.25, -0.2) is 4.79 Å². The summed E-state index contributed by atoms with van der Waals surface area (Å²) in [6.07, 6.45) is -0.903. The van der Waals surface area contributed by atoms with E-state index in [-0.39, 0.29) is 17.0 Å². The molecule has 0 radical (unpaired) electrons. The first-order chi connectivity index (χ1) is 12.3. The molecule has 1 N–H and O–H groups in total. The molecule has 0 aromatic heterocycles. The molecule has 0 spiro atoms. The molecule has 1 heterocycles. The summed E-state index contributed by atoms with van der Waals surface area (Å²) < 4.78 is 44.9. The number of methoxy groups -OCH3 is 1. The van der Waals surface area contributed by atoms with Gasteiger partial charge in [-0.05, 0) is 37.3 Å². The van der Waals surface area contributed by atoms with Crippen molar-refractivity contribution in [3.63, 3.8) is 0 Å². The third-order valence-corrected chi connectivity index (χ3v) is 5.77. The average Bonchev–Trinajstić information content (AvgIpc) is 2.49. The van der Waals surface area contributed by atoms with Gasteiger partial charge in [0.1, 0.15) is 0 Å². The number of hydrogen-bond acceptors (Lipinski definition) is 2. The van der Waals surface area contributed by atoms with Crippen LogP contribution in [0.15, 0.2) is 24.3 Å². The molecule has 1 atom stereocenters. The number of ether oxygens (including phenoxy) is 1. The fourth-order valence-electron chi connectivity index (χ4n) is 4.12. The summed E-state index contributed by atoms with van der Waals surface area (Å²) in [5.41, 5.74) is -0.618. The van der Waals surface area contributed by atoms with E-state index >= 15 is 0 Å². The first-order valence-electron chi connectivity index (χ1n) is 8.97. The number of rotatable bonds is 5. The van der Waals surface area contributed by atoms with E-state index in [0.717, 1.165) is 18.9 Å². The maximum Gasteiger partial charge on any atom is 0.416 e. The Kier molecular flexibility index (Phi) is 5.19. The summed E-state index contributed by atoms with van der Waals surface area (Å²) >= 11 is 0. The molecule has 4 nitrogen and oxygen atoms in total. The third-order valence-electron chi connectivity index (χ3n) is 5.77. The van der Waals surface area contributed by atoms with Crippen molar-refractivity contribution >= 4 is 6.03 Å². The zero-order valence-electron chi connectivity index (χ0n) is 15.1. The molecule has 2 aliphatic rings. The smallest absolute Gasteiger partial charge is 0.384 e. The average molecular weight is 370 g/mol.